The van der Waals surface area contributed by atoms with Crippen molar-refractivity contribution in [2.24, 2.45) is 23.2 Å². The van der Waals surface area contributed by atoms with E-state index in [1.807, 2.05) is 0 Å². The molecule has 0 N–H and O–H groups in total. The van der Waals surface area contributed by atoms with Crippen molar-refractivity contribution in [2.75, 3.05) is 0 Å². The van der Waals surface area contributed by atoms with Crippen LogP contribution in [-0.2, 0) is 0 Å². The van der Waals surface area contributed by atoms with Gasteiger partial charge in [0.15, 0.2) is 0 Å². The van der Waals surface area contributed by atoms with E-state index >= 15 is 0 Å². The lowest BCUT2D eigenvalue weighted by molar-refractivity contribution is 0.245. The molecule has 0 aromatic heterocycles. The molecule has 2 rings (SSSR count). The van der Waals surface area contributed by atoms with Crippen LogP contribution in [-0.4, -0.2) is 0 Å². The van der Waals surface area contributed by atoms with E-state index in [9.17, 15) is 0 Å². The summed E-state index contributed by atoms with van der Waals surface area (Å²) in [5.41, 5.74) is 0.370. The van der Waals surface area contributed by atoms with Crippen LogP contribution in [0.3, 0.4) is 0 Å². The van der Waals surface area contributed by atoms with E-state index in [0.717, 1.165) is 17.8 Å². The van der Waals surface area contributed by atoms with Crippen molar-refractivity contribution in [1.82, 2.24) is 0 Å². The molecule has 2 fully saturated rings. The van der Waals surface area contributed by atoms with E-state index < -0.39 is 0 Å². The Morgan fingerprint density at radius 3 is 2.54 bits per heavy atom. The van der Waals surface area contributed by atoms with Crippen molar-refractivity contribution in [1.29, 1.82) is 0 Å². The first-order valence-corrected chi connectivity index (χ1v) is 5.74. The molecule has 3 atom stereocenters. The molecule has 0 spiro atoms. The molecule has 3 unspecified atom stereocenters. The minimum Gasteiger partial charge on any atom is -0.103 e. The monoisotopic (exact) mass is 178 g/mol. The van der Waals surface area contributed by atoms with E-state index in [2.05, 4.69) is 26.5 Å². The summed E-state index contributed by atoms with van der Waals surface area (Å²) in [6, 6.07) is 0. The third kappa shape index (κ3) is 1.82. The predicted molar refractivity (Wildman–Crippen MR) is 57.5 cm³/mol. The molecule has 0 aromatic carbocycles. The normalized spacial score (nSPS) is 38.2. The van der Waals surface area contributed by atoms with Gasteiger partial charge in [-0.3, -0.25) is 0 Å². The summed E-state index contributed by atoms with van der Waals surface area (Å²) >= 11 is 0. The predicted octanol–water partition coefficient (Wildman–Crippen LogP) is 4.02. The van der Waals surface area contributed by atoms with E-state index in [1.165, 1.54) is 32.1 Å². The van der Waals surface area contributed by atoms with Crippen molar-refractivity contribution >= 4 is 0 Å². The summed E-state index contributed by atoms with van der Waals surface area (Å²) in [6.07, 6.45) is 9.61. The molecule has 0 radical (unpaired) electrons. The summed E-state index contributed by atoms with van der Waals surface area (Å²) < 4.78 is 0. The highest BCUT2D eigenvalue weighted by atomic mass is 14.5. The van der Waals surface area contributed by atoms with Crippen molar-refractivity contribution in [3.05, 3.63) is 12.7 Å². The lowest BCUT2D eigenvalue weighted by Gasteiger charge is -2.29. The molecule has 0 amide bonds. The second-order valence-electron chi connectivity index (χ2n) is 5.83. The van der Waals surface area contributed by atoms with Crippen molar-refractivity contribution in [3.8, 4) is 0 Å². The van der Waals surface area contributed by atoms with Gasteiger partial charge >= 0.3 is 0 Å². The quantitative estimate of drug-likeness (QED) is 0.572. The van der Waals surface area contributed by atoms with E-state index in [4.69, 9.17) is 0 Å². The largest absolute Gasteiger partial charge is 0.103 e. The topological polar surface area (TPSA) is 0 Å². The Morgan fingerprint density at radius 1 is 1.31 bits per heavy atom. The molecule has 0 heteroatoms. The molecule has 0 aliphatic heterocycles. The van der Waals surface area contributed by atoms with Gasteiger partial charge in [-0.25, -0.2) is 0 Å². The maximum atomic E-state index is 3.94. The lowest BCUT2D eigenvalue weighted by atomic mass is 9.76. The molecule has 74 valence electrons. The van der Waals surface area contributed by atoms with Crippen molar-refractivity contribution < 1.29 is 0 Å². The summed E-state index contributed by atoms with van der Waals surface area (Å²) in [5.74, 6) is 3.19. The Hall–Kier alpha value is -0.260. The standard InChI is InChI=1S/C13H22/c1-4-13(2,3)9-12-8-10-5-6-11(12)7-10/h4,10-12H,1,5-9H2,2-3H3. The highest BCUT2D eigenvalue weighted by Crippen LogP contribution is 2.51. The molecule has 0 saturated heterocycles. The Bertz CT molecular complexity index is 202. The molecule has 2 bridgehead atoms. The molecular weight excluding hydrogens is 156 g/mol. The molecule has 0 aromatic rings. The minimum atomic E-state index is 0.370. The number of fused-ring (bicyclic) bond motifs is 2. The Morgan fingerprint density at radius 2 is 2.08 bits per heavy atom. The zero-order chi connectivity index (χ0) is 9.47. The van der Waals surface area contributed by atoms with E-state index in [0.29, 0.717) is 5.41 Å². The third-order valence-corrected chi connectivity index (χ3v) is 4.23. The van der Waals surface area contributed by atoms with Crippen LogP contribution in [0.15, 0.2) is 12.7 Å². The van der Waals surface area contributed by atoms with Crippen molar-refractivity contribution in [3.63, 3.8) is 0 Å². The van der Waals surface area contributed by atoms with Gasteiger partial charge in [0, 0.05) is 0 Å². The molecule has 13 heavy (non-hydrogen) atoms. The molecule has 2 aliphatic carbocycles. The summed E-state index contributed by atoms with van der Waals surface area (Å²) in [4.78, 5) is 0. The highest BCUT2D eigenvalue weighted by molar-refractivity contribution is 4.96. The van der Waals surface area contributed by atoms with Crippen LogP contribution in [0.4, 0.5) is 0 Å². The second-order valence-corrected chi connectivity index (χ2v) is 5.83. The number of hydrogen-bond acceptors (Lipinski definition) is 0. The van der Waals surface area contributed by atoms with Crippen LogP contribution < -0.4 is 0 Å². The number of hydrogen-bond donors (Lipinski definition) is 0. The third-order valence-electron chi connectivity index (χ3n) is 4.23. The maximum Gasteiger partial charge on any atom is -0.0175 e. The van der Waals surface area contributed by atoms with Gasteiger partial charge in [0.05, 0.1) is 0 Å². The first-order valence-electron chi connectivity index (χ1n) is 5.74. The minimum absolute atomic E-state index is 0.370. The van der Waals surface area contributed by atoms with Gasteiger partial charge in [0.25, 0.3) is 0 Å². The fourth-order valence-electron chi connectivity index (χ4n) is 3.39. The summed E-state index contributed by atoms with van der Waals surface area (Å²) in [6.45, 7) is 8.59. The van der Waals surface area contributed by atoms with Gasteiger partial charge in [-0.1, -0.05) is 26.3 Å². The molecule has 0 nitrogen and oxygen atoms in total. The molecule has 0 heterocycles. The average molecular weight is 178 g/mol. The SMILES string of the molecule is C=CC(C)(C)CC1CC2CCC1C2. The first kappa shape index (κ1) is 9.30. The van der Waals surface area contributed by atoms with Crippen LogP contribution in [0.5, 0.6) is 0 Å². The molecule has 2 saturated carbocycles. The fraction of sp³-hybridized carbons (Fsp3) is 0.846. The Kier molecular flexibility index (Phi) is 2.25. The maximum absolute atomic E-state index is 3.94. The smallest absolute Gasteiger partial charge is 0.0175 e. The summed E-state index contributed by atoms with van der Waals surface area (Å²) in [5, 5.41) is 0. The highest BCUT2D eigenvalue weighted by Gasteiger charge is 2.40. The van der Waals surface area contributed by atoms with Crippen molar-refractivity contribution in [2.45, 2.75) is 46.0 Å². The Labute approximate surface area is 82.4 Å². The average Bonchev–Trinajstić information content (AvgIpc) is 2.64. The van der Waals surface area contributed by atoms with Gasteiger partial charge < -0.3 is 0 Å². The lowest BCUT2D eigenvalue weighted by Crippen LogP contribution is -2.19. The van der Waals surface area contributed by atoms with E-state index in [1.54, 1.807) is 0 Å². The number of allylic oxidation sites excluding steroid dienone is 1. The van der Waals surface area contributed by atoms with Crippen LogP contribution in [0, 0.1) is 23.2 Å². The second kappa shape index (κ2) is 3.15. The van der Waals surface area contributed by atoms with Gasteiger partial charge in [-0.05, 0) is 48.9 Å². The zero-order valence-corrected chi connectivity index (χ0v) is 9.05. The fourth-order valence-corrected chi connectivity index (χ4v) is 3.39. The summed E-state index contributed by atoms with van der Waals surface area (Å²) in [7, 11) is 0. The first-order chi connectivity index (χ1) is 6.11. The van der Waals surface area contributed by atoms with Crippen LogP contribution >= 0.6 is 0 Å². The van der Waals surface area contributed by atoms with Gasteiger partial charge in [-0.15, -0.1) is 6.58 Å². The van der Waals surface area contributed by atoms with Gasteiger partial charge in [-0.2, -0.15) is 0 Å². The molecular formula is C13H22. The van der Waals surface area contributed by atoms with Crippen LogP contribution in [0.25, 0.3) is 0 Å². The van der Waals surface area contributed by atoms with Crippen LogP contribution in [0.2, 0.25) is 0 Å². The molecule has 2 aliphatic rings. The Balaban J connectivity index is 1.93. The zero-order valence-electron chi connectivity index (χ0n) is 9.05. The van der Waals surface area contributed by atoms with Gasteiger partial charge in [0.1, 0.15) is 0 Å². The number of rotatable bonds is 3. The van der Waals surface area contributed by atoms with Gasteiger partial charge in [0.2, 0.25) is 0 Å². The van der Waals surface area contributed by atoms with E-state index in [-0.39, 0.29) is 0 Å². The van der Waals surface area contributed by atoms with Crippen LogP contribution in [0.1, 0.15) is 46.0 Å².